The average molecular weight is 445 g/mol. The highest BCUT2D eigenvalue weighted by Gasteiger charge is 2.53. The molecule has 5 N–H and O–H groups in total. The number of aromatic amines is 1. The van der Waals surface area contributed by atoms with Gasteiger partial charge in [-0.25, -0.2) is 9.78 Å². The zero-order valence-electron chi connectivity index (χ0n) is 17.9. The topological polar surface area (TPSA) is 166 Å². The maximum absolute atomic E-state index is 12.2. The monoisotopic (exact) mass is 445 g/mol. The Bertz CT molecular complexity index is 1200. The van der Waals surface area contributed by atoms with Gasteiger partial charge in [0.05, 0.1) is 11.6 Å². The fourth-order valence-electron chi connectivity index (χ4n) is 4.07. The number of anilines is 1. The summed E-state index contributed by atoms with van der Waals surface area (Å²) >= 11 is 0. The van der Waals surface area contributed by atoms with Crippen molar-refractivity contribution >= 4 is 33.3 Å². The van der Waals surface area contributed by atoms with Crippen molar-refractivity contribution in [1.82, 2.24) is 20.0 Å². The number of carbonyl (C=O) groups is 1. The van der Waals surface area contributed by atoms with E-state index in [2.05, 4.69) is 15.3 Å². The zero-order chi connectivity index (χ0) is 23.0. The van der Waals surface area contributed by atoms with Crippen molar-refractivity contribution in [2.75, 3.05) is 12.3 Å². The molecule has 11 nitrogen and oxygen atoms in total. The molecule has 1 aliphatic rings. The van der Waals surface area contributed by atoms with E-state index in [0.29, 0.717) is 27.4 Å². The molecule has 3 heterocycles. The van der Waals surface area contributed by atoms with Crippen molar-refractivity contribution < 1.29 is 24.5 Å². The first-order valence-corrected chi connectivity index (χ1v) is 10.6. The van der Waals surface area contributed by atoms with Crippen LogP contribution in [0.1, 0.15) is 45.8 Å². The maximum atomic E-state index is 12.2. The predicted molar refractivity (Wildman–Crippen MR) is 116 cm³/mol. The first-order chi connectivity index (χ1) is 15.2. The summed E-state index contributed by atoms with van der Waals surface area (Å²) in [6, 6.07) is 1.54. The Morgan fingerprint density at radius 1 is 1.41 bits per heavy atom. The molecule has 1 fully saturated rings. The van der Waals surface area contributed by atoms with E-state index in [-0.39, 0.29) is 19.0 Å². The van der Waals surface area contributed by atoms with Crippen LogP contribution in [0.2, 0.25) is 0 Å². The summed E-state index contributed by atoms with van der Waals surface area (Å²) in [5, 5.41) is 33.8. The number of esters is 1. The molecule has 1 aliphatic heterocycles. The van der Waals surface area contributed by atoms with E-state index in [1.807, 2.05) is 6.92 Å². The molecule has 0 aliphatic carbocycles. The van der Waals surface area contributed by atoms with Gasteiger partial charge < -0.3 is 25.4 Å². The van der Waals surface area contributed by atoms with Gasteiger partial charge in [-0.05, 0) is 19.4 Å². The van der Waals surface area contributed by atoms with E-state index in [0.717, 1.165) is 19.3 Å². The SMILES string of the molecule is CCCCCC(=O)OCC1OC(n2cc3c(N)cc4c(=O)[nH]ncc(n2)c34)C(C)(O)C1O. The molecule has 4 rings (SSSR count). The number of carbonyl (C=O) groups excluding carboxylic acids is 1. The van der Waals surface area contributed by atoms with E-state index in [1.54, 1.807) is 6.20 Å². The summed E-state index contributed by atoms with van der Waals surface area (Å²) in [7, 11) is 0. The van der Waals surface area contributed by atoms with Crippen molar-refractivity contribution in [2.24, 2.45) is 0 Å². The Morgan fingerprint density at radius 2 is 2.19 bits per heavy atom. The summed E-state index contributed by atoms with van der Waals surface area (Å²) in [4.78, 5) is 24.1. The van der Waals surface area contributed by atoms with Gasteiger partial charge in [-0.3, -0.25) is 9.59 Å². The number of aliphatic hydroxyl groups is 2. The predicted octanol–water partition coefficient (Wildman–Crippen LogP) is 0.988. The number of aromatic nitrogens is 4. The van der Waals surface area contributed by atoms with E-state index < -0.39 is 29.6 Å². The second kappa shape index (κ2) is 8.49. The minimum absolute atomic E-state index is 0.197. The van der Waals surface area contributed by atoms with Crippen LogP contribution in [0.3, 0.4) is 0 Å². The number of nitrogens with zero attached hydrogens (tertiary/aromatic N) is 3. The lowest BCUT2D eigenvalue weighted by Gasteiger charge is -2.27. The van der Waals surface area contributed by atoms with Crippen LogP contribution >= 0.6 is 0 Å². The first-order valence-electron chi connectivity index (χ1n) is 10.6. The van der Waals surface area contributed by atoms with Gasteiger partial charge in [-0.2, -0.15) is 10.2 Å². The van der Waals surface area contributed by atoms with E-state index in [1.165, 1.54) is 23.9 Å². The molecular weight excluding hydrogens is 418 g/mol. The Kier molecular flexibility index (Phi) is 5.89. The molecule has 172 valence electrons. The van der Waals surface area contributed by atoms with Crippen LogP contribution in [0.15, 0.2) is 23.3 Å². The first kappa shape index (κ1) is 22.2. The van der Waals surface area contributed by atoms with Crippen LogP contribution in [0, 0.1) is 0 Å². The fraction of sp³-hybridized carbons (Fsp3) is 0.524. The quantitative estimate of drug-likeness (QED) is 0.306. The summed E-state index contributed by atoms with van der Waals surface area (Å²) in [5.74, 6) is -0.379. The third kappa shape index (κ3) is 3.83. The Balaban J connectivity index is 1.62. The highest BCUT2D eigenvalue weighted by Crippen LogP contribution is 2.39. The third-order valence-corrected chi connectivity index (χ3v) is 5.88. The lowest BCUT2D eigenvalue weighted by molar-refractivity contribution is -0.150. The molecule has 32 heavy (non-hydrogen) atoms. The van der Waals surface area contributed by atoms with Gasteiger partial charge in [0.25, 0.3) is 5.56 Å². The minimum Gasteiger partial charge on any atom is -0.463 e. The lowest BCUT2D eigenvalue weighted by atomic mass is 9.97. The lowest BCUT2D eigenvalue weighted by Crippen LogP contribution is -2.44. The van der Waals surface area contributed by atoms with E-state index >= 15 is 0 Å². The number of hydrogen-bond donors (Lipinski definition) is 4. The summed E-state index contributed by atoms with van der Waals surface area (Å²) in [5.41, 5.74) is 4.68. The second-order valence-corrected chi connectivity index (χ2v) is 8.33. The van der Waals surface area contributed by atoms with Gasteiger partial charge in [-0.15, -0.1) is 0 Å². The van der Waals surface area contributed by atoms with Crippen LogP contribution in [-0.4, -0.2) is 60.6 Å². The Hall–Kier alpha value is -3.02. The summed E-state index contributed by atoms with van der Waals surface area (Å²) < 4.78 is 12.5. The van der Waals surface area contributed by atoms with Crippen molar-refractivity contribution in [3.63, 3.8) is 0 Å². The molecule has 0 spiro atoms. The molecule has 0 amide bonds. The number of nitrogen functional groups attached to an aromatic ring is 1. The van der Waals surface area contributed by atoms with E-state index in [4.69, 9.17) is 15.2 Å². The van der Waals surface area contributed by atoms with Crippen LogP contribution in [-0.2, 0) is 14.3 Å². The van der Waals surface area contributed by atoms with Crippen molar-refractivity contribution in [2.45, 2.75) is 63.6 Å². The number of unbranched alkanes of at least 4 members (excludes halogenated alkanes) is 2. The molecule has 0 bridgehead atoms. The summed E-state index contributed by atoms with van der Waals surface area (Å²) in [6.07, 6.45) is 2.49. The van der Waals surface area contributed by atoms with Gasteiger partial charge in [0.15, 0.2) is 6.23 Å². The molecule has 3 aromatic rings. The summed E-state index contributed by atoms with van der Waals surface area (Å²) in [6.45, 7) is 3.26. The number of ether oxygens (including phenoxy) is 2. The second-order valence-electron chi connectivity index (χ2n) is 8.33. The van der Waals surface area contributed by atoms with Crippen molar-refractivity contribution in [3.05, 3.63) is 28.8 Å². The fourth-order valence-corrected chi connectivity index (χ4v) is 4.07. The number of nitrogens with two attached hydrogens (primary N) is 1. The Morgan fingerprint density at radius 3 is 2.94 bits per heavy atom. The van der Waals surface area contributed by atoms with Crippen LogP contribution in [0.4, 0.5) is 5.69 Å². The van der Waals surface area contributed by atoms with Crippen molar-refractivity contribution in [3.8, 4) is 0 Å². The number of nitrogens with one attached hydrogen (secondary N) is 1. The largest absolute Gasteiger partial charge is 0.463 e. The number of rotatable bonds is 7. The van der Waals surface area contributed by atoms with Gasteiger partial charge in [0.2, 0.25) is 0 Å². The highest BCUT2D eigenvalue weighted by molar-refractivity contribution is 6.14. The third-order valence-electron chi connectivity index (χ3n) is 5.88. The number of hydrogen-bond acceptors (Lipinski definition) is 9. The standard InChI is InChI=1S/C21H27N5O6/c1-3-4-5-6-16(27)31-10-15-18(28)21(2,30)20(32-15)26-9-12-13(22)7-11-17(12)14(25-26)8-23-24-19(11)29/h7-9,15,18,20,28,30H,3-6,10,22H2,1-2H3,(H,24,29). The zero-order valence-corrected chi connectivity index (χ0v) is 17.9. The molecule has 4 unspecified atom stereocenters. The minimum atomic E-state index is -1.74. The van der Waals surface area contributed by atoms with Gasteiger partial charge in [-0.1, -0.05) is 19.8 Å². The van der Waals surface area contributed by atoms with Crippen molar-refractivity contribution in [1.29, 1.82) is 0 Å². The van der Waals surface area contributed by atoms with Crippen LogP contribution < -0.4 is 11.3 Å². The molecule has 1 aromatic carbocycles. The number of H-pyrrole nitrogens is 1. The average Bonchev–Trinajstić information content (AvgIpc) is 3.14. The molecule has 1 saturated heterocycles. The smallest absolute Gasteiger partial charge is 0.305 e. The molecular formula is C21H27N5O6. The molecule has 11 heteroatoms. The molecule has 2 aromatic heterocycles. The van der Waals surface area contributed by atoms with Crippen LogP contribution in [0.5, 0.6) is 0 Å². The molecule has 4 atom stereocenters. The number of aliphatic hydroxyl groups excluding tert-OH is 1. The van der Waals surface area contributed by atoms with Gasteiger partial charge in [0, 0.05) is 29.1 Å². The van der Waals surface area contributed by atoms with E-state index in [9.17, 15) is 19.8 Å². The maximum Gasteiger partial charge on any atom is 0.305 e. The highest BCUT2D eigenvalue weighted by atomic mass is 16.6. The van der Waals surface area contributed by atoms with Gasteiger partial charge in [0.1, 0.15) is 29.9 Å². The molecule has 0 saturated carbocycles. The van der Waals surface area contributed by atoms with Gasteiger partial charge >= 0.3 is 5.97 Å². The molecule has 0 radical (unpaired) electrons. The Labute approximate surface area is 183 Å². The van der Waals surface area contributed by atoms with Crippen LogP contribution in [0.25, 0.3) is 21.7 Å². The normalized spacial score (nSPS) is 25.6.